The van der Waals surface area contributed by atoms with Gasteiger partial charge in [0.15, 0.2) is 0 Å². The first-order chi connectivity index (χ1) is 12.6. The summed E-state index contributed by atoms with van der Waals surface area (Å²) < 4.78 is 38.1. The Balaban J connectivity index is 1.94. The molecule has 0 aliphatic heterocycles. The summed E-state index contributed by atoms with van der Waals surface area (Å²) in [4.78, 5) is 25.2. The van der Waals surface area contributed by atoms with Crippen LogP contribution in [0.3, 0.4) is 0 Å². The van der Waals surface area contributed by atoms with Gasteiger partial charge in [0.25, 0.3) is 0 Å². The average Bonchev–Trinajstić information content (AvgIpc) is 2.61. The fraction of sp³-hybridized carbons (Fsp3) is 0.200. The number of carbonyl (C=O) groups is 2. The number of anilines is 1. The molecule has 0 bridgehead atoms. The molecule has 0 radical (unpaired) electrons. The van der Waals surface area contributed by atoms with Gasteiger partial charge in [0, 0.05) is 18.8 Å². The third kappa shape index (κ3) is 6.29. The Morgan fingerprint density at radius 2 is 1.78 bits per heavy atom. The molecule has 27 heavy (non-hydrogen) atoms. The van der Waals surface area contributed by atoms with E-state index < -0.39 is 17.6 Å². The molecular formula is C20H19F3N2O2. The number of halogens is 3. The predicted molar refractivity (Wildman–Crippen MR) is 97.9 cm³/mol. The van der Waals surface area contributed by atoms with Crippen LogP contribution >= 0.6 is 0 Å². The van der Waals surface area contributed by atoms with Gasteiger partial charge in [-0.15, -0.1) is 0 Å². The molecule has 4 nitrogen and oxygen atoms in total. The maximum Gasteiger partial charge on any atom is 0.416 e. The lowest BCUT2D eigenvalue weighted by Crippen LogP contribution is -2.33. The minimum absolute atomic E-state index is 0.181. The fourth-order valence-corrected chi connectivity index (χ4v) is 2.24. The second-order valence-electron chi connectivity index (χ2n) is 6.07. The molecule has 2 amide bonds. The van der Waals surface area contributed by atoms with Crippen molar-refractivity contribution in [2.24, 2.45) is 0 Å². The third-order valence-electron chi connectivity index (χ3n) is 3.72. The number of hydrogen-bond acceptors (Lipinski definition) is 2. The molecule has 0 heterocycles. The van der Waals surface area contributed by atoms with Crippen molar-refractivity contribution in [3.05, 3.63) is 71.3 Å². The first kappa shape index (κ1) is 20.2. The van der Waals surface area contributed by atoms with Crippen LogP contribution in [0.5, 0.6) is 0 Å². The Hall–Kier alpha value is -3.09. The summed E-state index contributed by atoms with van der Waals surface area (Å²) in [6, 6.07) is 11.8. The number of carbonyl (C=O) groups excluding carboxylic acids is 2. The summed E-state index contributed by atoms with van der Waals surface area (Å²) in [5.41, 5.74) is 1.13. The zero-order valence-electron chi connectivity index (χ0n) is 14.9. The Morgan fingerprint density at radius 3 is 2.41 bits per heavy atom. The number of aryl methyl sites for hydroxylation is 1. The van der Waals surface area contributed by atoms with Crippen LogP contribution in [0.4, 0.5) is 18.9 Å². The molecule has 142 valence electrons. The Bertz CT molecular complexity index is 843. The molecule has 0 aliphatic carbocycles. The van der Waals surface area contributed by atoms with Gasteiger partial charge in [-0.2, -0.15) is 13.2 Å². The summed E-state index contributed by atoms with van der Waals surface area (Å²) in [5.74, 6) is -0.867. The minimum atomic E-state index is -4.45. The lowest BCUT2D eigenvalue weighted by atomic mass is 10.1. The molecule has 7 heteroatoms. The smallest absolute Gasteiger partial charge is 0.333 e. The molecule has 0 saturated heterocycles. The SMILES string of the molecule is Cc1ccc(NC(=O)CN(C)C(=O)/C=C/c2cccc(C(F)(F)F)c2)cc1. The highest BCUT2D eigenvalue weighted by Gasteiger charge is 2.30. The van der Waals surface area contributed by atoms with Crippen LogP contribution in [-0.4, -0.2) is 30.3 Å². The fourth-order valence-electron chi connectivity index (χ4n) is 2.24. The molecule has 1 N–H and O–H groups in total. The second kappa shape index (κ2) is 8.53. The Kier molecular flexibility index (Phi) is 6.39. The third-order valence-corrected chi connectivity index (χ3v) is 3.72. The lowest BCUT2D eigenvalue weighted by Gasteiger charge is -2.15. The molecule has 0 aromatic heterocycles. The molecule has 0 atom stereocenters. The van der Waals surface area contributed by atoms with Crippen LogP contribution in [0.15, 0.2) is 54.6 Å². The van der Waals surface area contributed by atoms with Gasteiger partial charge < -0.3 is 10.2 Å². The molecule has 0 unspecified atom stereocenters. The van der Waals surface area contributed by atoms with Gasteiger partial charge in [0.05, 0.1) is 12.1 Å². The highest BCUT2D eigenvalue weighted by Crippen LogP contribution is 2.29. The number of alkyl halides is 3. The molecule has 0 spiro atoms. The summed E-state index contributed by atoms with van der Waals surface area (Å²) in [6.45, 7) is 1.74. The number of likely N-dealkylation sites (N-methyl/N-ethyl adjacent to an activating group) is 1. The molecule has 0 fully saturated rings. The van der Waals surface area contributed by atoms with Gasteiger partial charge in [0.1, 0.15) is 0 Å². The molecule has 2 rings (SSSR count). The largest absolute Gasteiger partial charge is 0.416 e. The van der Waals surface area contributed by atoms with Gasteiger partial charge in [-0.3, -0.25) is 9.59 Å². The van der Waals surface area contributed by atoms with Crippen LogP contribution in [0.25, 0.3) is 6.08 Å². The highest BCUT2D eigenvalue weighted by atomic mass is 19.4. The van der Waals surface area contributed by atoms with E-state index in [1.54, 1.807) is 12.1 Å². The van der Waals surface area contributed by atoms with Gasteiger partial charge in [-0.25, -0.2) is 0 Å². The first-order valence-electron chi connectivity index (χ1n) is 8.12. The van der Waals surface area contributed by atoms with E-state index in [1.807, 2.05) is 19.1 Å². The number of hydrogen-bond donors (Lipinski definition) is 1. The van der Waals surface area contributed by atoms with E-state index in [0.29, 0.717) is 5.69 Å². The minimum Gasteiger partial charge on any atom is -0.333 e. The van der Waals surface area contributed by atoms with E-state index in [1.165, 1.54) is 30.2 Å². The first-order valence-corrected chi connectivity index (χ1v) is 8.12. The number of nitrogens with one attached hydrogen (secondary N) is 1. The number of rotatable bonds is 5. The predicted octanol–water partition coefficient (Wildman–Crippen LogP) is 4.12. The number of benzene rings is 2. The van der Waals surface area contributed by atoms with Crippen molar-refractivity contribution in [3.8, 4) is 0 Å². The monoisotopic (exact) mass is 376 g/mol. The molecule has 2 aromatic rings. The van der Waals surface area contributed by atoms with Crippen molar-refractivity contribution in [3.63, 3.8) is 0 Å². The van der Waals surface area contributed by atoms with Crippen molar-refractivity contribution in [2.75, 3.05) is 18.9 Å². The van der Waals surface area contributed by atoms with Crippen LogP contribution in [-0.2, 0) is 15.8 Å². The normalized spacial score (nSPS) is 11.4. The summed E-state index contributed by atoms with van der Waals surface area (Å²) in [6.07, 6.45) is -2.03. The van der Waals surface area contributed by atoms with E-state index in [4.69, 9.17) is 0 Å². The highest BCUT2D eigenvalue weighted by molar-refractivity contribution is 5.97. The summed E-state index contributed by atoms with van der Waals surface area (Å²) >= 11 is 0. The van der Waals surface area contributed by atoms with E-state index >= 15 is 0 Å². The second-order valence-corrected chi connectivity index (χ2v) is 6.07. The Labute approximate surface area is 155 Å². The van der Waals surface area contributed by atoms with Crippen LogP contribution in [0.1, 0.15) is 16.7 Å². The summed E-state index contributed by atoms with van der Waals surface area (Å²) in [7, 11) is 1.44. The van der Waals surface area contributed by atoms with Gasteiger partial charge >= 0.3 is 6.18 Å². The molecule has 0 aliphatic rings. The lowest BCUT2D eigenvalue weighted by molar-refractivity contribution is -0.137. The number of nitrogens with zero attached hydrogens (tertiary/aromatic N) is 1. The number of amides is 2. The van der Waals surface area contributed by atoms with Gasteiger partial charge in [-0.05, 0) is 42.8 Å². The van der Waals surface area contributed by atoms with Gasteiger partial charge in [-0.1, -0.05) is 29.8 Å². The Morgan fingerprint density at radius 1 is 1.11 bits per heavy atom. The standard InChI is InChI=1S/C20H19F3N2O2/c1-14-6-9-17(10-7-14)24-18(26)13-25(2)19(27)11-8-15-4-3-5-16(12-15)20(21,22)23/h3-12H,13H2,1-2H3,(H,24,26)/b11-8+. The van der Waals surface area contributed by atoms with E-state index in [-0.39, 0.29) is 18.0 Å². The van der Waals surface area contributed by atoms with E-state index in [9.17, 15) is 22.8 Å². The molecule has 0 saturated carbocycles. The van der Waals surface area contributed by atoms with Crippen LogP contribution in [0, 0.1) is 6.92 Å². The van der Waals surface area contributed by atoms with Crippen molar-refractivity contribution < 1.29 is 22.8 Å². The summed E-state index contributed by atoms with van der Waals surface area (Å²) in [5, 5.41) is 2.67. The van der Waals surface area contributed by atoms with Crippen LogP contribution < -0.4 is 5.32 Å². The topological polar surface area (TPSA) is 49.4 Å². The molecular weight excluding hydrogens is 357 g/mol. The molecule has 2 aromatic carbocycles. The zero-order valence-corrected chi connectivity index (χ0v) is 14.9. The average molecular weight is 376 g/mol. The van der Waals surface area contributed by atoms with E-state index in [2.05, 4.69) is 5.32 Å². The van der Waals surface area contributed by atoms with Crippen molar-refractivity contribution in [1.29, 1.82) is 0 Å². The quantitative estimate of drug-likeness (QED) is 0.798. The maximum absolute atomic E-state index is 12.7. The van der Waals surface area contributed by atoms with Gasteiger partial charge in [0.2, 0.25) is 11.8 Å². The van der Waals surface area contributed by atoms with Crippen LogP contribution in [0.2, 0.25) is 0 Å². The maximum atomic E-state index is 12.7. The van der Waals surface area contributed by atoms with Crippen molar-refractivity contribution >= 4 is 23.6 Å². The van der Waals surface area contributed by atoms with Crippen molar-refractivity contribution in [2.45, 2.75) is 13.1 Å². The van der Waals surface area contributed by atoms with Crippen molar-refractivity contribution in [1.82, 2.24) is 4.90 Å². The van der Waals surface area contributed by atoms with E-state index in [0.717, 1.165) is 23.8 Å². The zero-order chi connectivity index (χ0) is 20.0.